The highest BCUT2D eigenvalue weighted by Gasteiger charge is 2.28. The molecule has 0 radical (unpaired) electrons. The van der Waals surface area contributed by atoms with Gasteiger partial charge in [0.15, 0.2) is 0 Å². The second-order valence-electron chi connectivity index (χ2n) is 5.16. The van der Waals surface area contributed by atoms with Crippen molar-refractivity contribution < 1.29 is 4.39 Å². The highest BCUT2D eigenvalue weighted by atomic mass is 19.1. The van der Waals surface area contributed by atoms with E-state index in [-0.39, 0.29) is 5.82 Å². The molecule has 2 rings (SSSR count). The Kier molecular flexibility index (Phi) is 4.03. The van der Waals surface area contributed by atoms with E-state index in [1.165, 1.54) is 37.3 Å². The summed E-state index contributed by atoms with van der Waals surface area (Å²) in [4.78, 5) is 0. The molecule has 0 aliphatic carbocycles. The topological polar surface area (TPSA) is 12.0 Å². The molecule has 0 amide bonds. The quantitative estimate of drug-likeness (QED) is 0.738. The van der Waals surface area contributed by atoms with Gasteiger partial charge in [-0.1, -0.05) is 51.7 Å². The van der Waals surface area contributed by atoms with E-state index in [0.717, 1.165) is 12.2 Å². The van der Waals surface area contributed by atoms with Gasteiger partial charge in [-0.3, -0.25) is 0 Å². The highest BCUT2D eigenvalue weighted by molar-refractivity contribution is 5.58. The van der Waals surface area contributed by atoms with Crippen LogP contribution in [0.5, 0.6) is 0 Å². The zero-order valence-corrected chi connectivity index (χ0v) is 10.8. The Hall–Kier alpha value is -1.05. The molecule has 0 saturated heterocycles. The Balaban J connectivity index is 2.03. The van der Waals surface area contributed by atoms with E-state index in [1.54, 1.807) is 0 Å². The lowest BCUT2D eigenvalue weighted by Crippen LogP contribution is -2.12. The van der Waals surface area contributed by atoms with Gasteiger partial charge in [0.05, 0.1) is 5.69 Å². The van der Waals surface area contributed by atoms with Crippen LogP contribution in [0.3, 0.4) is 0 Å². The van der Waals surface area contributed by atoms with Crippen molar-refractivity contribution in [3.05, 3.63) is 29.6 Å². The third-order valence-corrected chi connectivity index (χ3v) is 3.89. The number of fused-ring (bicyclic) bond motifs is 1. The molecular formula is C15H22FN. The van der Waals surface area contributed by atoms with Crippen LogP contribution in [0.2, 0.25) is 0 Å². The van der Waals surface area contributed by atoms with Crippen LogP contribution in [0.15, 0.2) is 18.2 Å². The van der Waals surface area contributed by atoms with Gasteiger partial charge in [0, 0.05) is 12.5 Å². The molecule has 0 aromatic heterocycles. The minimum Gasteiger partial charge on any atom is -0.382 e. The van der Waals surface area contributed by atoms with E-state index < -0.39 is 0 Å². The first-order valence-corrected chi connectivity index (χ1v) is 6.76. The molecule has 0 bridgehead atoms. The maximum absolute atomic E-state index is 13.6. The fourth-order valence-corrected chi connectivity index (χ4v) is 2.78. The number of halogens is 1. The van der Waals surface area contributed by atoms with Crippen LogP contribution in [0.25, 0.3) is 0 Å². The number of benzene rings is 1. The monoisotopic (exact) mass is 235 g/mol. The van der Waals surface area contributed by atoms with Crippen LogP contribution in [0.1, 0.15) is 51.0 Å². The highest BCUT2D eigenvalue weighted by Crippen LogP contribution is 2.39. The first-order valence-electron chi connectivity index (χ1n) is 6.76. The molecule has 1 nitrogen and oxygen atoms in total. The second kappa shape index (κ2) is 5.52. The lowest BCUT2D eigenvalue weighted by Gasteiger charge is -2.19. The summed E-state index contributed by atoms with van der Waals surface area (Å²) in [5.74, 6) is 1.01. The van der Waals surface area contributed by atoms with Crippen molar-refractivity contribution in [2.24, 2.45) is 5.92 Å². The summed E-state index contributed by atoms with van der Waals surface area (Å²) in [7, 11) is 0. The van der Waals surface area contributed by atoms with Crippen molar-refractivity contribution in [2.45, 2.75) is 45.4 Å². The van der Waals surface area contributed by atoms with Crippen LogP contribution in [0.4, 0.5) is 10.1 Å². The van der Waals surface area contributed by atoms with E-state index in [4.69, 9.17) is 0 Å². The number of rotatable bonds is 5. The van der Waals surface area contributed by atoms with Gasteiger partial charge in [-0.15, -0.1) is 0 Å². The summed E-state index contributed by atoms with van der Waals surface area (Å²) in [5.41, 5.74) is 1.91. The van der Waals surface area contributed by atoms with Crippen LogP contribution in [0, 0.1) is 11.7 Å². The SMILES string of the molecule is CCCCCC(C)C1CNc2c(F)cccc21. The molecule has 1 heterocycles. The number of anilines is 1. The Morgan fingerprint density at radius 1 is 1.41 bits per heavy atom. The Bertz CT molecular complexity index is 375. The minimum absolute atomic E-state index is 0.106. The normalized spacial score (nSPS) is 19.8. The maximum Gasteiger partial charge on any atom is 0.146 e. The first kappa shape index (κ1) is 12.4. The molecule has 2 heteroatoms. The summed E-state index contributed by atoms with van der Waals surface area (Å²) in [6, 6.07) is 5.43. The van der Waals surface area contributed by atoms with Crippen molar-refractivity contribution in [2.75, 3.05) is 11.9 Å². The number of hydrogen-bond donors (Lipinski definition) is 1. The fourth-order valence-electron chi connectivity index (χ4n) is 2.78. The lowest BCUT2D eigenvalue weighted by atomic mass is 9.85. The average molecular weight is 235 g/mol. The zero-order valence-electron chi connectivity index (χ0n) is 10.8. The predicted octanol–water partition coefficient (Wildman–Crippen LogP) is 4.55. The van der Waals surface area contributed by atoms with Gasteiger partial charge < -0.3 is 5.32 Å². The summed E-state index contributed by atoms with van der Waals surface area (Å²) in [6.45, 7) is 5.41. The molecule has 1 N–H and O–H groups in total. The van der Waals surface area contributed by atoms with Crippen LogP contribution in [-0.2, 0) is 0 Å². The molecule has 1 aliphatic rings. The van der Waals surface area contributed by atoms with Crippen LogP contribution < -0.4 is 5.32 Å². The maximum atomic E-state index is 13.6. The third kappa shape index (κ3) is 2.62. The number of para-hydroxylation sites is 1. The van der Waals surface area contributed by atoms with Crippen molar-refractivity contribution in [1.82, 2.24) is 0 Å². The van der Waals surface area contributed by atoms with Crippen molar-refractivity contribution >= 4 is 5.69 Å². The molecule has 1 aliphatic heterocycles. The molecular weight excluding hydrogens is 213 g/mol. The molecule has 0 saturated carbocycles. The Morgan fingerprint density at radius 2 is 2.24 bits per heavy atom. The van der Waals surface area contributed by atoms with Crippen LogP contribution in [-0.4, -0.2) is 6.54 Å². The van der Waals surface area contributed by atoms with E-state index >= 15 is 0 Å². The molecule has 2 unspecified atom stereocenters. The Labute approximate surface area is 103 Å². The first-order chi connectivity index (χ1) is 8.24. The molecule has 2 atom stereocenters. The van der Waals surface area contributed by atoms with Gasteiger partial charge in [0.1, 0.15) is 5.82 Å². The van der Waals surface area contributed by atoms with E-state index in [2.05, 4.69) is 25.2 Å². The summed E-state index contributed by atoms with van der Waals surface area (Å²) < 4.78 is 13.6. The van der Waals surface area contributed by atoms with E-state index in [1.807, 2.05) is 6.07 Å². The molecule has 1 aromatic carbocycles. The minimum atomic E-state index is -0.106. The molecule has 1 aromatic rings. The molecule has 17 heavy (non-hydrogen) atoms. The molecule has 0 fully saturated rings. The average Bonchev–Trinajstić information content (AvgIpc) is 2.74. The number of unbranched alkanes of at least 4 members (excludes halogenated alkanes) is 2. The molecule has 94 valence electrons. The number of hydrogen-bond acceptors (Lipinski definition) is 1. The van der Waals surface area contributed by atoms with E-state index in [9.17, 15) is 4.39 Å². The second-order valence-corrected chi connectivity index (χ2v) is 5.16. The van der Waals surface area contributed by atoms with Gasteiger partial charge in [0.25, 0.3) is 0 Å². The number of nitrogens with one attached hydrogen (secondary N) is 1. The summed E-state index contributed by atoms with van der Waals surface area (Å²) in [5, 5.41) is 3.21. The largest absolute Gasteiger partial charge is 0.382 e. The summed E-state index contributed by atoms with van der Waals surface area (Å²) >= 11 is 0. The van der Waals surface area contributed by atoms with Crippen LogP contribution >= 0.6 is 0 Å². The van der Waals surface area contributed by atoms with E-state index in [0.29, 0.717) is 11.8 Å². The lowest BCUT2D eigenvalue weighted by molar-refractivity contribution is 0.430. The van der Waals surface area contributed by atoms with Crippen molar-refractivity contribution in [1.29, 1.82) is 0 Å². The van der Waals surface area contributed by atoms with Gasteiger partial charge in [0.2, 0.25) is 0 Å². The van der Waals surface area contributed by atoms with Gasteiger partial charge in [-0.25, -0.2) is 4.39 Å². The smallest absolute Gasteiger partial charge is 0.146 e. The van der Waals surface area contributed by atoms with Gasteiger partial charge in [-0.05, 0) is 17.5 Å². The summed E-state index contributed by atoms with van der Waals surface area (Å²) in [6.07, 6.45) is 5.11. The van der Waals surface area contributed by atoms with Gasteiger partial charge >= 0.3 is 0 Å². The Morgan fingerprint density at radius 3 is 3.00 bits per heavy atom. The van der Waals surface area contributed by atoms with Crippen molar-refractivity contribution in [3.63, 3.8) is 0 Å². The zero-order chi connectivity index (χ0) is 12.3. The fraction of sp³-hybridized carbons (Fsp3) is 0.600. The molecule has 0 spiro atoms. The third-order valence-electron chi connectivity index (χ3n) is 3.89. The standard InChI is InChI=1S/C15H22FN/c1-3-4-5-7-11(2)13-10-17-15-12(13)8-6-9-14(15)16/h6,8-9,11,13,17H,3-5,7,10H2,1-2H3. The van der Waals surface area contributed by atoms with Crippen molar-refractivity contribution in [3.8, 4) is 0 Å². The predicted molar refractivity (Wildman–Crippen MR) is 70.9 cm³/mol. The van der Waals surface area contributed by atoms with Gasteiger partial charge in [-0.2, -0.15) is 0 Å².